The zero-order valence-electron chi connectivity index (χ0n) is 13.3. The normalized spacial score (nSPS) is 34.3. The topological polar surface area (TPSA) is 29.3 Å². The molecule has 0 spiro atoms. The van der Waals surface area contributed by atoms with Crippen molar-refractivity contribution < 1.29 is 0 Å². The predicted molar refractivity (Wildman–Crippen MR) is 88.1 cm³/mol. The van der Waals surface area contributed by atoms with E-state index in [1.54, 1.807) is 11.3 Å². The molecule has 2 bridgehead atoms. The number of hydrogen-bond donors (Lipinski definition) is 1. The van der Waals surface area contributed by atoms with Gasteiger partial charge in [0, 0.05) is 23.5 Å². The lowest BCUT2D eigenvalue weighted by atomic mass is 9.65. The fourth-order valence-corrected chi connectivity index (χ4v) is 5.83. The molecule has 20 heavy (non-hydrogen) atoms. The molecule has 2 aliphatic rings. The van der Waals surface area contributed by atoms with E-state index in [-0.39, 0.29) is 0 Å². The number of nitrogens with two attached hydrogens (primary N) is 1. The summed E-state index contributed by atoms with van der Waals surface area (Å²) < 4.78 is 0. The van der Waals surface area contributed by atoms with Crippen molar-refractivity contribution in [1.29, 1.82) is 0 Å². The van der Waals surface area contributed by atoms with Crippen LogP contribution in [0.5, 0.6) is 0 Å². The summed E-state index contributed by atoms with van der Waals surface area (Å²) in [5, 5.41) is 0.945. The molecule has 1 aromatic rings. The molecule has 3 atom stereocenters. The molecule has 0 radical (unpaired) electrons. The molecule has 3 unspecified atom stereocenters. The molecule has 2 fully saturated rings. The molecule has 3 rings (SSSR count). The predicted octanol–water partition coefficient (Wildman–Crippen LogP) is 4.16. The van der Waals surface area contributed by atoms with Gasteiger partial charge in [-0.1, -0.05) is 20.8 Å². The maximum absolute atomic E-state index is 5.85. The molecule has 1 aromatic heterocycles. The Morgan fingerprint density at radius 3 is 2.75 bits per heavy atom. The van der Waals surface area contributed by atoms with Crippen LogP contribution in [0, 0.1) is 10.8 Å². The van der Waals surface area contributed by atoms with Crippen LogP contribution < -0.4 is 5.73 Å². The van der Waals surface area contributed by atoms with E-state index in [9.17, 15) is 0 Å². The Kier molecular flexibility index (Phi) is 3.41. The van der Waals surface area contributed by atoms with Gasteiger partial charge in [-0.25, -0.2) is 0 Å². The molecular formula is C17H28N2S. The van der Waals surface area contributed by atoms with E-state index in [1.807, 2.05) is 6.07 Å². The van der Waals surface area contributed by atoms with Gasteiger partial charge in [-0.2, -0.15) is 0 Å². The number of rotatable bonds is 3. The Hall–Kier alpha value is -0.540. The van der Waals surface area contributed by atoms with Crippen molar-refractivity contribution in [2.75, 3.05) is 12.3 Å². The molecule has 2 nitrogen and oxygen atoms in total. The van der Waals surface area contributed by atoms with Gasteiger partial charge >= 0.3 is 0 Å². The van der Waals surface area contributed by atoms with Gasteiger partial charge in [0.1, 0.15) is 0 Å². The summed E-state index contributed by atoms with van der Waals surface area (Å²) in [7, 11) is 0. The Bertz CT molecular complexity index is 493. The molecule has 1 saturated carbocycles. The summed E-state index contributed by atoms with van der Waals surface area (Å²) >= 11 is 1.75. The van der Waals surface area contributed by atoms with Gasteiger partial charge in [-0.05, 0) is 55.6 Å². The quantitative estimate of drug-likeness (QED) is 0.906. The van der Waals surface area contributed by atoms with Crippen LogP contribution in [0.3, 0.4) is 0 Å². The van der Waals surface area contributed by atoms with Gasteiger partial charge in [0.25, 0.3) is 0 Å². The monoisotopic (exact) mass is 292 g/mol. The summed E-state index contributed by atoms with van der Waals surface area (Å²) in [6.45, 7) is 11.1. The molecule has 2 heterocycles. The minimum atomic E-state index is 0.513. The van der Waals surface area contributed by atoms with Crippen LogP contribution in [0.4, 0.5) is 5.00 Å². The van der Waals surface area contributed by atoms with E-state index in [4.69, 9.17) is 5.73 Å². The molecule has 2 N–H and O–H groups in total. The number of thiophene rings is 1. The second-order valence-corrected chi connectivity index (χ2v) is 9.44. The van der Waals surface area contributed by atoms with E-state index >= 15 is 0 Å². The third kappa shape index (κ3) is 2.75. The number of fused-ring (bicyclic) bond motifs is 2. The largest absolute Gasteiger partial charge is 0.391 e. The van der Waals surface area contributed by atoms with E-state index in [0.717, 1.165) is 17.5 Å². The molecule has 112 valence electrons. The second kappa shape index (κ2) is 4.74. The Morgan fingerprint density at radius 1 is 1.35 bits per heavy atom. The third-order valence-corrected chi connectivity index (χ3v) is 6.14. The number of nitrogen functional groups attached to an aromatic ring is 1. The highest BCUT2D eigenvalue weighted by atomic mass is 32.1. The van der Waals surface area contributed by atoms with Gasteiger partial charge in [-0.15, -0.1) is 11.3 Å². The van der Waals surface area contributed by atoms with Crippen molar-refractivity contribution in [2.24, 2.45) is 10.8 Å². The summed E-state index contributed by atoms with van der Waals surface area (Å²) in [4.78, 5) is 4.21. The Balaban J connectivity index is 1.72. The van der Waals surface area contributed by atoms with Crippen LogP contribution >= 0.6 is 11.3 Å². The second-order valence-electron chi connectivity index (χ2n) is 8.24. The van der Waals surface area contributed by atoms with Crippen molar-refractivity contribution >= 4 is 16.3 Å². The van der Waals surface area contributed by atoms with Crippen LogP contribution in [0.25, 0.3) is 0 Å². The Morgan fingerprint density at radius 2 is 2.10 bits per heavy atom. The van der Waals surface area contributed by atoms with Crippen molar-refractivity contribution in [1.82, 2.24) is 4.90 Å². The first-order chi connectivity index (χ1) is 9.26. The zero-order valence-corrected chi connectivity index (χ0v) is 14.1. The Labute approximate surface area is 127 Å². The lowest BCUT2D eigenvalue weighted by molar-refractivity contribution is 0.120. The first-order valence-electron chi connectivity index (χ1n) is 7.86. The van der Waals surface area contributed by atoms with E-state index < -0.39 is 0 Å². The number of hydrogen-bond acceptors (Lipinski definition) is 3. The van der Waals surface area contributed by atoms with Crippen LogP contribution in [0.2, 0.25) is 0 Å². The summed E-state index contributed by atoms with van der Waals surface area (Å²) in [6, 6.07) is 5.66. The van der Waals surface area contributed by atoms with Crippen molar-refractivity contribution in [2.45, 2.75) is 65.5 Å². The lowest BCUT2D eigenvalue weighted by Gasteiger charge is -2.40. The first kappa shape index (κ1) is 14.4. The third-order valence-electron chi connectivity index (χ3n) is 5.20. The average Bonchev–Trinajstić information content (AvgIpc) is 2.78. The van der Waals surface area contributed by atoms with Crippen molar-refractivity contribution in [3.63, 3.8) is 0 Å². The van der Waals surface area contributed by atoms with Crippen molar-refractivity contribution in [3.8, 4) is 0 Å². The molecule has 1 saturated heterocycles. The van der Waals surface area contributed by atoms with Crippen LogP contribution in [0.1, 0.15) is 51.8 Å². The number of likely N-dealkylation sites (tertiary alicyclic amines) is 1. The summed E-state index contributed by atoms with van der Waals surface area (Å²) in [5.74, 6) is 0. The summed E-state index contributed by atoms with van der Waals surface area (Å²) in [5.41, 5.74) is 6.91. The maximum Gasteiger partial charge on any atom is 0.0859 e. The molecule has 0 amide bonds. The smallest absolute Gasteiger partial charge is 0.0859 e. The standard InChI is InChI=1S/C17H28N2S/c1-12(7-14-5-6-15(18)20-14)19-11-17(4)9-13(19)8-16(2,3)10-17/h5-6,12-13H,7-11,18H2,1-4H3. The van der Waals surface area contributed by atoms with E-state index in [0.29, 0.717) is 16.9 Å². The highest BCUT2D eigenvalue weighted by Crippen LogP contribution is 2.53. The van der Waals surface area contributed by atoms with E-state index in [2.05, 4.69) is 38.7 Å². The number of nitrogens with zero attached hydrogens (tertiary/aromatic N) is 1. The SMILES string of the molecule is CC(Cc1ccc(N)s1)N1CC2(C)CC1CC(C)(C)C2. The van der Waals surface area contributed by atoms with Crippen LogP contribution in [-0.4, -0.2) is 23.5 Å². The molecule has 1 aliphatic heterocycles. The van der Waals surface area contributed by atoms with Crippen LogP contribution in [-0.2, 0) is 6.42 Å². The first-order valence-corrected chi connectivity index (χ1v) is 8.68. The fourth-order valence-electron chi connectivity index (χ4n) is 4.93. The lowest BCUT2D eigenvalue weighted by Crippen LogP contribution is -2.39. The molecule has 1 aliphatic carbocycles. The highest BCUT2D eigenvalue weighted by Gasteiger charge is 2.50. The van der Waals surface area contributed by atoms with Gasteiger partial charge in [0.05, 0.1) is 5.00 Å². The van der Waals surface area contributed by atoms with Gasteiger partial charge in [-0.3, -0.25) is 4.90 Å². The van der Waals surface area contributed by atoms with Gasteiger partial charge in [0.2, 0.25) is 0 Å². The highest BCUT2D eigenvalue weighted by molar-refractivity contribution is 7.15. The molecule has 3 heteroatoms. The minimum Gasteiger partial charge on any atom is -0.391 e. The van der Waals surface area contributed by atoms with Gasteiger partial charge in [0.15, 0.2) is 0 Å². The maximum atomic E-state index is 5.85. The average molecular weight is 292 g/mol. The zero-order chi connectivity index (χ0) is 14.5. The fraction of sp³-hybridized carbons (Fsp3) is 0.765. The molecular weight excluding hydrogens is 264 g/mol. The van der Waals surface area contributed by atoms with E-state index in [1.165, 1.54) is 30.7 Å². The minimum absolute atomic E-state index is 0.513. The number of anilines is 1. The molecule has 0 aromatic carbocycles. The summed E-state index contributed by atoms with van der Waals surface area (Å²) in [6.07, 6.45) is 5.29. The van der Waals surface area contributed by atoms with Crippen LogP contribution in [0.15, 0.2) is 12.1 Å². The van der Waals surface area contributed by atoms with Gasteiger partial charge < -0.3 is 5.73 Å². The van der Waals surface area contributed by atoms with Crippen molar-refractivity contribution in [3.05, 3.63) is 17.0 Å².